The van der Waals surface area contributed by atoms with Gasteiger partial charge in [-0.25, -0.2) is 0 Å². The molecule has 2 aliphatic carbocycles. The number of H-pyrrole nitrogens is 1. The normalized spacial score (nSPS) is 21.0. The molecule has 5 rings (SSSR count). The van der Waals surface area contributed by atoms with Crippen molar-refractivity contribution in [2.45, 2.75) is 50.5 Å². The second-order valence-corrected chi connectivity index (χ2v) is 8.51. The number of pyridine rings is 1. The topological polar surface area (TPSA) is 130 Å². The maximum atomic E-state index is 12.7. The number of fused-ring (bicyclic) bond motifs is 1. The van der Waals surface area contributed by atoms with E-state index in [4.69, 9.17) is 10.8 Å². The van der Waals surface area contributed by atoms with Crippen molar-refractivity contribution in [2.24, 2.45) is 11.7 Å². The molecule has 158 valence electrons. The average Bonchev–Trinajstić information content (AvgIpc) is 3.56. The van der Waals surface area contributed by atoms with Gasteiger partial charge in [0.15, 0.2) is 5.82 Å². The number of aromatic nitrogens is 3. The van der Waals surface area contributed by atoms with E-state index >= 15 is 0 Å². The highest BCUT2D eigenvalue weighted by molar-refractivity contribution is 5.96. The first kappa shape index (κ1) is 19.4. The zero-order valence-corrected chi connectivity index (χ0v) is 17.1. The van der Waals surface area contributed by atoms with Gasteiger partial charge in [-0.3, -0.25) is 14.3 Å². The molecule has 31 heavy (non-hydrogen) atoms. The van der Waals surface area contributed by atoms with Gasteiger partial charge in [-0.2, -0.15) is 10.4 Å². The number of nitriles is 1. The molecule has 0 spiro atoms. The third-order valence-corrected chi connectivity index (χ3v) is 6.44. The van der Waals surface area contributed by atoms with Crippen molar-refractivity contribution in [3.8, 4) is 6.07 Å². The molecule has 0 radical (unpaired) electrons. The highest BCUT2D eigenvalue weighted by atomic mass is 16.1. The van der Waals surface area contributed by atoms with Crippen LogP contribution in [-0.4, -0.2) is 20.7 Å². The van der Waals surface area contributed by atoms with Crippen LogP contribution in [0.25, 0.3) is 10.9 Å². The molecule has 2 aliphatic rings. The molecule has 2 aromatic heterocycles. The molecule has 0 aliphatic heterocycles. The first-order valence-electron chi connectivity index (χ1n) is 10.8. The number of benzene rings is 1. The van der Waals surface area contributed by atoms with Gasteiger partial charge in [-0.1, -0.05) is 12.8 Å². The number of aromatic amines is 1. The van der Waals surface area contributed by atoms with E-state index in [0.717, 1.165) is 55.3 Å². The van der Waals surface area contributed by atoms with Gasteiger partial charge in [0, 0.05) is 17.4 Å². The maximum Gasteiger partial charge on any atom is 0.261 e. The summed E-state index contributed by atoms with van der Waals surface area (Å²) in [5, 5.41) is 18.1. The quantitative estimate of drug-likeness (QED) is 0.584. The third kappa shape index (κ3) is 3.46. The zero-order chi connectivity index (χ0) is 21.5. The lowest BCUT2D eigenvalue weighted by atomic mass is 9.85. The second kappa shape index (κ2) is 7.58. The lowest BCUT2D eigenvalue weighted by molar-refractivity contribution is 0.0999. The summed E-state index contributed by atoms with van der Waals surface area (Å²) < 4.78 is 1.85. The summed E-state index contributed by atoms with van der Waals surface area (Å²) in [7, 11) is 0. The van der Waals surface area contributed by atoms with Crippen molar-refractivity contribution in [3.63, 3.8) is 0 Å². The Bertz CT molecular complexity index is 1260. The smallest absolute Gasteiger partial charge is 0.261 e. The van der Waals surface area contributed by atoms with Crippen LogP contribution in [0.3, 0.4) is 0 Å². The molecule has 2 saturated carbocycles. The summed E-state index contributed by atoms with van der Waals surface area (Å²) in [5.74, 6) is 0.244. The fourth-order valence-corrected chi connectivity index (χ4v) is 4.73. The minimum absolute atomic E-state index is 0.0575. The Labute approximate surface area is 179 Å². The van der Waals surface area contributed by atoms with Crippen molar-refractivity contribution < 1.29 is 4.79 Å². The van der Waals surface area contributed by atoms with E-state index < -0.39 is 5.91 Å². The van der Waals surface area contributed by atoms with Crippen LogP contribution in [0.2, 0.25) is 0 Å². The molecule has 1 amide bonds. The van der Waals surface area contributed by atoms with E-state index in [2.05, 4.69) is 16.4 Å². The van der Waals surface area contributed by atoms with E-state index in [0.29, 0.717) is 22.7 Å². The number of nitrogens with two attached hydrogens (primary N) is 1. The molecule has 2 heterocycles. The summed E-state index contributed by atoms with van der Waals surface area (Å²) in [6.45, 7) is 0. The Kier molecular flexibility index (Phi) is 4.74. The number of nitrogens with one attached hydrogen (secondary N) is 2. The van der Waals surface area contributed by atoms with Gasteiger partial charge in [-0.05, 0) is 61.4 Å². The van der Waals surface area contributed by atoms with Crippen molar-refractivity contribution in [3.05, 3.63) is 51.9 Å². The number of hydrogen-bond donors (Lipinski definition) is 3. The highest BCUT2D eigenvalue weighted by Gasteiger charge is 2.30. The van der Waals surface area contributed by atoms with Crippen LogP contribution in [0, 0.1) is 17.2 Å². The van der Waals surface area contributed by atoms with Gasteiger partial charge in [0.1, 0.15) is 5.39 Å². The molecule has 0 unspecified atom stereocenters. The number of rotatable bonds is 5. The van der Waals surface area contributed by atoms with Crippen molar-refractivity contribution in [1.82, 2.24) is 14.8 Å². The van der Waals surface area contributed by atoms with Crippen LogP contribution in [0.15, 0.2) is 35.3 Å². The fourth-order valence-electron chi connectivity index (χ4n) is 4.73. The van der Waals surface area contributed by atoms with E-state index in [1.165, 1.54) is 0 Å². The van der Waals surface area contributed by atoms with Gasteiger partial charge < -0.3 is 16.0 Å². The second-order valence-electron chi connectivity index (χ2n) is 8.51. The molecular weight excluding hydrogens is 392 g/mol. The maximum absolute atomic E-state index is 12.7. The van der Waals surface area contributed by atoms with E-state index in [1.54, 1.807) is 18.3 Å². The summed E-state index contributed by atoms with van der Waals surface area (Å²) >= 11 is 0. The predicted molar refractivity (Wildman–Crippen MR) is 117 cm³/mol. The zero-order valence-electron chi connectivity index (χ0n) is 17.1. The monoisotopic (exact) mass is 416 g/mol. The number of carbonyl (C=O) groups is 1. The van der Waals surface area contributed by atoms with Gasteiger partial charge in [0.25, 0.3) is 5.56 Å². The van der Waals surface area contributed by atoms with Crippen LogP contribution in [0.5, 0.6) is 0 Å². The fraction of sp³-hybridized carbons (Fsp3) is 0.391. The van der Waals surface area contributed by atoms with Crippen molar-refractivity contribution in [2.75, 3.05) is 5.32 Å². The lowest BCUT2D eigenvalue weighted by Crippen LogP contribution is -2.23. The first-order valence-corrected chi connectivity index (χ1v) is 10.8. The number of nitrogens with zero attached hydrogens (tertiary/aromatic N) is 3. The number of anilines is 2. The highest BCUT2D eigenvalue weighted by Crippen LogP contribution is 2.43. The number of hydrogen-bond acceptors (Lipinski definition) is 5. The van der Waals surface area contributed by atoms with Gasteiger partial charge in [0.2, 0.25) is 5.91 Å². The van der Waals surface area contributed by atoms with E-state index in [1.807, 2.05) is 16.8 Å². The van der Waals surface area contributed by atoms with Crippen LogP contribution < -0.4 is 16.6 Å². The number of amides is 1. The molecule has 1 aromatic carbocycles. The Morgan fingerprint density at radius 2 is 2.03 bits per heavy atom. The molecule has 2 atom stereocenters. The summed E-state index contributed by atoms with van der Waals surface area (Å²) in [6, 6.07) is 9.65. The third-order valence-electron chi connectivity index (χ3n) is 6.44. The molecule has 3 aromatic rings. The predicted octanol–water partition coefficient (Wildman–Crippen LogP) is 3.70. The largest absolute Gasteiger partial charge is 0.366 e. The summed E-state index contributed by atoms with van der Waals surface area (Å²) in [4.78, 5) is 27.2. The van der Waals surface area contributed by atoms with Crippen LogP contribution in [0.1, 0.15) is 66.4 Å². The minimum Gasteiger partial charge on any atom is -0.366 e. The lowest BCUT2D eigenvalue weighted by Gasteiger charge is -2.27. The van der Waals surface area contributed by atoms with Crippen LogP contribution in [0.4, 0.5) is 11.5 Å². The van der Waals surface area contributed by atoms with Crippen molar-refractivity contribution in [1.29, 1.82) is 5.26 Å². The Morgan fingerprint density at radius 1 is 1.23 bits per heavy atom. The van der Waals surface area contributed by atoms with E-state index in [-0.39, 0.29) is 17.5 Å². The molecule has 0 bridgehead atoms. The van der Waals surface area contributed by atoms with E-state index in [9.17, 15) is 14.9 Å². The van der Waals surface area contributed by atoms with Crippen LogP contribution in [-0.2, 0) is 0 Å². The standard InChI is InChI=1S/C23H24N6O2/c24-12-14-3-1-2-4-18(14)29-19-9-10-26-23(31)20(19)22(28-29)27-15-7-8-16(21(25)30)17(11-15)13-5-6-13/h7-11,13-14,18H,1-6H2,(H2,25,30)(H,26,31)(H,27,28)/t14-,18+/m1/s1. The number of carbonyl (C=O) groups excluding carboxylic acids is 1. The van der Waals surface area contributed by atoms with Crippen molar-refractivity contribution >= 4 is 28.3 Å². The summed E-state index contributed by atoms with van der Waals surface area (Å²) in [5.41, 5.74) is 8.26. The Hall–Kier alpha value is -3.60. The summed E-state index contributed by atoms with van der Waals surface area (Å²) in [6.07, 6.45) is 7.47. The molecule has 4 N–H and O–H groups in total. The molecular formula is C23H24N6O2. The molecule has 0 saturated heterocycles. The minimum atomic E-state index is -0.431. The van der Waals surface area contributed by atoms with Gasteiger partial charge in [-0.15, -0.1) is 0 Å². The first-order chi connectivity index (χ1) is 15.1. The van der Waals surface area contributed by atoms with Crippen LogP contribution >= 0.6 is 0 Å². The SMILES string of the molecule is N#C[C@H]1CCCC[C@@H]1n1nc(Nc2ccc(C(N)=O)c(C3CC3)c2)c2c(=O)[nH]ccc21. The Morgan fingerprint density at radius 3 is 2.77 bits per heavy atom. The van der Waals surface area contributed by atoms with Gasteiger partial charge in [0.05, 0.1) is 23.5 Å². The molecule has 8 heteroatoms. The molecule has 8 nitrogen and oxygen atoms in total. The average molecular weight is 416 g/mol. The Balaban J connectivity index is 1.58. The molecule has 2 fully saturated rings. The number of primary amides is 1. The van der Waals surface area contributed by atoms with Gasteiger partial charge >= 0.3 is 0 Å².